The Morgan fingerprint density at radius 2 is 1.94 bits per heavy atom. The Morgan fingerprint density at radius 3 is 2.69 bits per heavy atom. The maximum Gasteiger partial charge on any atom is 0.338 e. The minimum absolute atomic E-state index is 0.217. The molecule has 1 N–H and O–H groups in total. The minimum Gasteiger partial charge on any atom is -0.497 e. The predicted molar refractivity (Wildman–Crippen MR) is 138 cm³/mol. The van der Waals surface area contributed by atoms with Gasteiger partial charge in [0.25, 0.3) is 5.91 Å². The molecule has 2 aromatic carbocycles. The second-order valence-corrected chi connectivity index (χ2v) is 8.68. The monoisotopic (exact) mass is 509 g/mol. The van der Waals surface area contributed by atoms with E-state index in [1.165, 1.54) is 18.9 Å². The summed E-state index contributed by atoms with van der Waals surface area (Å²) in [6, 6.07) is 12.0. The van der Waals surface area contributed by atoms with Gasteiger partial charge in [-0.05, 0) is 49.1 Å². The van der Waals surface area contributed by atoms with E-state index in [2.05, 4.69) is 10.3 Å². The molecule has 0 fully saturated rings. The van der Waals surface area contributed by atoms with Crippen LogP contribution >= 0.6 is 11.8 Å². The van der Waals surface area contributed by atoms with Crippen LogP contribution in [0.3, 0.4) is 0 Å². The molecule has 0 bridgehead atoms. The topological polar surface area (TPSA) is 98.7 Å². The number of methoxy groups -OCH3 is 2. The lowest BCUT2D eigenvalue weighted by Crippen LogP contribution is -2.34. The number of aliphatic imine (C=N–C) groups is 1. The fraction of sp³-hybridized carbons (Fsp3) is 0.269. The lowest BCUT2D eigenvalue weighted by atomic mass is 9.94. The fourth-order valence-corrected chi connectivity index (χ4v) is 4.70. The van der Waals surface area contributed by atoms with Gasteiger partial charge in [0.2, 0.25) is 0 Å². The number of rotatable bonds is 9. The Labute approximate surface area is 213 Å². The van der Waals surface area contributed by atoms with E-state index >= 15 is 0 Å². The maximum absolute atomic E-state index is 12.9. The third kappa shape index (κ3) is 5.33. The minimum atomic E-state index is -0.442. The summed E-state index contributed by atoms with van der Waals surface area (Å²) in [4.78, 5) is 31.8. The van der Waals surface area contributed by atoms with Crippen LogP contribution in [-0.4, -0.2) is 49.4 Å². The molecule has 188 valence electrons. The van der Waals surface area contributed by atoms with Crippen molar-refractivity contribution in [2.24, 2.45) is 4.99 Å². The molecule has 4 rings (SSSR count). The average molecular weight is 510 g/mol. The molecule has 0 saturated carbocycles. The summed E-state index contributed by atoms with van der Waals surface area (Å²) in [7, 11) is 3.08. The third-order valence-electron chi connectivity index (χ3n) is 5.53. The molecule has 2 heterocycles. The van der Waals surface area contributed by atoms with Crippen LogP contribution in [0.15, 0.2) is 70.3 Å². The number of hydrogen-bond donors (Lipinski definition) is 1. The Kier molecular flexibility index (Phi) is 7.84. The Bertz CT molecular complexity index is 1260. The number of anilines is 1. The largest absolute Gasteiger partial charge is 0.497 e. The van der Waals surface area contributed by atoms with Crippen molar-refractivity contribution in [2.45, 2.75) is 19.9 Å². The molecule has 1 atom stereocenters. The van der Waals surface area contributed by atoms with Crippen molar-refractivity contribution in [3.8, 4) is 17.2 Å². The van der Waals surface area contributed by atoms with Crippen LogP contribution in [0.1, 0.15) is 25.5 Å². The summed E-state index contributed by atoms with van der Waals surface area (Å²) in [5.41, 5.74) is 2.46. The SMILES string of the molecule is CCOC(=O)C1=C(C)N=C2SC=CN2[C@H]1c1ccc(OCC(=O)Nc2cccc(OC)c2)c(OC)c1. The fourth-order valence-electron chi connectivity index (χ4n) is 3.91. The quantitative estimate of drug-likeness (QED) is 0.494. The van der Waals surface area contributed by atoms with Crippen molar-refractivity contribution in [1.82, 2.24) is 4.90 Å². The van der Waals surface area contributed by atoms with E-state index in [9.17, 15) is 9.59 Å². The number of fused-ring (bicyclic) bond motifs is 1. The lowest BCUT2D eigenvalue weighted by Gasteiger charge is -2.33. The van der Waals surface area contributed by atoms with Crippen LogP contribution in [0, 0.1) is 0 Å². The van der Waals surface area contributed by atoms with Gasteiger partial charge >= 0.3 is 5.97 Å². The molecular weight excluding hydrogens is 482 g/mol. The number of amides is 1. The molecule has 0 saturated heterocycles. The van der Waals surface area contributed by atoms with E-state index in [1.54, 1.807) is 57.4 Å². The number of allylic oxidation sites excluding steroid dienone is 1. The highest BCUT2D eigenvalue weighted by molar-refractivity contribution is 8.16. The van der Waals surface area contributed by atoms with Gasteiger partial charge in [-0.3, -0.25) is 4.79 Å². The van der Waals surface area contributed by atoms with E-state index in [0.29, 0.717) is 34.2 Å². The number of benzene rings is 2. The van der Waals surface area contributed by atoms with Gasteiger partial charge in [-0.25, -0.2) is 9.79 Å². The highest BCUT2D eigenvalue weighted by atomic mass is 32.2. The molecule has 10 heteroatoms. The molecule has 0 radical (unpaired) electrons. The molecule has 0 aliphatic carbocycles. The van der Waals surface area contributed by atoms with Gasteiger partial charge in [0.15, 0.2) is 23.3 Å². The summed E-state index contributed by atoms with van der Waals surface area (Å²) >= 11 is 1.48. The van der Waals surface area contributed by atoms with Crippen molar-refractivity contribution in [1.29, 1.82) is 0 Å². The zero-order chi connectivity index (χ0) is 25.7. The Hall–Kier alpha value is -3.92. The number of esters is 1. The van der Waals surface area contributed by atoms with Crippen LogP contribution in [0.4, 0.5) is 5.69 Å². The van der Waals surface area contributed by atoms with Crippen LogP contribution < -0.4 is 19.5 Å². The third-order valence-corrected chi connectivity index (χ3v) is 6.30. The summed E-state index contributed by atoms with van der Waals surface area (Å²) in [6.07, 6.45) is 1.89. The zero-order valence-electron chi connectivity index (χ0n) is 20.4. The smallest absolute Gasteiger partial charge is 0.338 e. The Morgan fingerprint density at radius 1 is 1.11 bits per heavy atom. The van der Waals surface area contributed by atoms with Gasteiger partial charge in [-0.15, -0.1) is 0 Å². The van der Waals surface area contributed by atoms with Gasteiger partial charge in [-0.1, -0.05) is 23.9 Å². The maximum atomic E-state index is 12.9. The summed E-state index contributed by atoms with van der Waals surface area (Å²) < 4.78 is 21.8. The van der Waals surface area contributed by atoms with Gasteiger partial charge in [0.1, 0.15) is 5.75 Å². The molecular formula is C26H27N3O6S. The van der Waals surface area contributed by atoms with Crippen molar-refractivity contribution >= 4 is 34.5 Å². The zero-order valence-corrected chi connectivity index (χ0v) is 21.3. The number of nitrogens with one attached hydrogen (secondary N) is 1. The number of carbonyl (C=O) groups excluding carboxylic acids is 2. The molecule has 0 spiro atoms. The van der Waals surface area contributed by atoms with Gasteiger partial charge < -0.3 is 29.2 Å². The van der Waals surface area contributed by atoms with E-state index in [1.807, 2.05) is 22.6 Å². The predicted octanol–water partition coefficient (Wildman–Crippen LogP) is 4.49. The number of thioether (sulfide) groups is 1. The van der Waals surface area contributed by atoms with Crippen LogP contribution in [0.2, 0.25) is 0 Å². The van der Waals surface area contributed by atoms with Crippen LogP contribution in [-0.2, 0) is 14.3 Å². The molecule has 0 aromatic heterocycles. The summed E-state index contributed by atoms with van der Waals surface area (Å²) in [5.74, 6) is 0.727. The van der Waals surface area contributed by atoms with Gasteiger partial charge in [0.05, 0.1) is 38.1 Å². The van der Waals surface area contributed by atoms with E-state index in [0.717, 1.165) is 10.7 Å². The van der Waals surface area contributed by atoms with E-state index in [4.69, 9.17) is 18.9 Å². The van der Waals surface area contributed by atoms with Crippen LogP contribution in [0.25, 0.3) is 0 Å². The normalized spacial score (nSPS) is 16.3. The van der Waals surface area contributed by atoms with Crippen molar-refractivity contribution in [3.63, 3.8) is 0 Å². The number of ether oxygens (including phenoxy) is 4. The van der Waals surface area contributed by atoms with E-state index in [-0.39, 0.29) is 19.1 Å². The average Bonchev–Trinajstić information content (AvgIpc) is 3.34. The lowest BCUT2D eigenvalue weighted by molar-refractivity contribution is -0.139. The second kappa shape index (κ2) is 11.2. The molecule has 2 aliphatic rings. The molecule has 2 aliphatic heterocycles. The standard InChI is InChI=1S/C26H27N3O6S/c1-5-34-25(31)23-16(2)27-26-29(11-12-36-26)24(23)17-9-10-20(21(13-17)33-4)35-15-22(30)28-18-7-6-8-19(14-18)32-3/h6-14,24H,5,15H2,1-4H3,(H,28,30)/t24-/m0/s1. The number of carbonyl (C=O) groups is 2. The first-order chi connectivity index (χ1) is 17.4. The molecule has 2 aromatic rings. The first kappa shape index (κ1) is 25.2. The first-order valence-corrected chi connectivity index (χ1v) is 12.2. The molecule has 36 heavy (non-hydrogen) atoms. The van der Waals surface area contributed by atoms with Crippen LogP contribution in [0.5, 0.6) is 17.2 Å². The van der Waals surface area contributed by atoms with Crippen molar-refractivity contribution in [2.75, 3.05) is 32.8 Å². The highest BCUT2D eigenvalue weighted by Gasteiger charge is 2.37. The van der Waals surface area contributed by atoms with Gasteiger partial charge in [-0.2, -0.15) is 0 Å². The summed E-state index contributed by atoms with van der Waals surface area (Å²) in [6.45, 7) is 3.62. The summed E-state index contributed by atoms with van der Waals surface area (Å²) in [5, 5.41) is 5.47. The molecule has 1 amide bonds. The number of hydrogen-bond acceptors (Lipinski definition) is 9. The number of amidine groups is 1. The first-order valence-electron chi connectivity index (χ1n) is 11.3. The molecule has 0 unspecified atom stereocenters. The second-order valence-electron chi connectivity index (χ2n) is 7.81. The Balaban J connectivity index is 1.54. The van der Waals surface area contributed by atoms with E-state index < -0.39 is 12.0 Å². The molecule has 9 nitrogen and oxygen atoms in total. The van der Waals surface area contributed by atoms with Crippen molar-refractivity contribution < 1.29 is 28.5 Å². The highest BCUT2D eigenvalue weighted by Crippen LogP contribution is 2.43. The number of nitrogens with zero attached hydrogens (tertiary/aromatic N) is 2. The van der Waals surface area contributed by atoms with Crippen molar-refractivity contribution in [3.05, 3.63) is 70.9 Å². The van der Waals surface area contributed by atoms with Gasteiger partial charge in [0, 0.05) is 18.0 Å².